The van der Waals surface area contributed by atoms with Crippen LogP contribution in [-0.4, -0.2) is 57.0 Å². The monoisotopic (exact) mass is 443 g/mol. The first-order chi connectivity index (χ1) is 14.1. The highest BCUT2D eigenvalue weighted by atomic mass is 32.2. The highest BCUT2D eigenvalue weighted by molar-refractivity contribution is 7.87. The van der Waals surface area contributed by atoms with Crippen molar-refractivity contribution in [1.82, 2.24) is 9.80 Å². The summed E-state index contributed by atoms with van der Waals surface area (Å²) in [6.07, 6.45) is 2.57. The number of hydrogen-bond donors (Lipinski definition) is 1. The van der Waals surface area contributed by atoms with Gasteiger partial charge >= 0.3 is 15.6 Å². The topological polar surface area (TPSA) is 71.1 Å². The van der Waals surface area contributed by atoms with Gasteiger partial charge in [0.1, 0.15) is 5.76 Å². The zero-order chi connectivity index (χ0) is 21.5. The number of halogens is 3. The van der Waals surface area contributed by atoms with Crippen LogP contribution in [0.2, 0.25) is 0 Å². The van der Waals surface area contributed by atoms with Crippen molar-refractivity contribution in [1.29, 1.82) is 0 Å². The quantitative estimate of drug-likeness (QED) is 0.569. The molecule has 0 bridgehead atoms. The molecule has 1 fully saturated rings. The molecule has 162 valence electrons. The van der Waals surface area contributed by atoms with Gasteiger partial charge in [0.05, 0.1) is 5.69 Å². The third-order valence-electron chi connectivity index (χ3n) is 5.02. The first kappa shape index (κ1) is 20.6. The van der Waals surface area contributed by atoms with Crippen molar-refractivity contribution in [2.75, 3.05) is 38.5 Å². The van der Waals surface area contributed by atoms with Crippen molar-refractivity contribution >= 4 is 15.8 Å². The lowest BCUT2D eigenvalue weighted by atomic mass is 10.0. The van der Waals surface area contributed by atoms with Crippen molar-refractivity contribution in [2.24, 2.45) is 0 Å². The predicted molar refractivity (Wildman–Crippen MR) is 104 cm³/mol. The van der Waals surface area contributed by atoms with E-state index in [-0.39, 0.29) is 12.2 Å². The van der Waals surface area contributed by atoms with Gasteiger partial charge in [0.2, 0.25) is 5.88 Å². The van der Waals surface area contributed by atoms with E-state index >= 15 is 0 Å². The van der Waals surface area contributed by atoms with E-state index in [1.54, 1.807) is 6.07 Å². The zero-order valence-corrected chi connectivity index (χ0v) is 16.9. The van der Waals surface area contributed by atoms with Crippen molar-refractivity contribution in [3.63, 3.8) is 0 Å². The molecule has 11 heteroatoms. The smallest absolute Gasteiger partial charge is 0.439 e. The fourth-order valence-corrected chi connectivity index (χ4v) is 3.88. The number of allylic oxidation sites excluding steroid dienone is 4. The lowest BCUT2D eigenvalue weighted by molar-refractivity contribution is -0.0523. The maximum absolute atomic E-state index is 12.8. The Morgan fingerprint density at radius 1 is 1.10 bits per heavy atom. The summed E-state index contributed by atoms with van der Waals surface area (Å²) in [5, 5.41) is 3.22. The lowest BCUT2D eigenvalue weighted by Gasteiger charge is -2.36. The number of para-hydroxylation sites is 2. The van der Waals surface area contributed by atoms with Crippen molar-refractivity contribution < 1.29 is 30.5 Å². The minimum absolute atomic E-state index is 0.163. The minimum atomic E-state index is -5.75. The van der Waals surface area contributed by atoms with Gasteiger partial charge in [0.25, 0.3) is 0 Å². The maximum atomic E-state index is 12.8. The predicted octanol–water partition coefficient (Wildman–Crippen LogP) is 2.99. The van der Waals surface area contributed by atoms with E-state index in [0.717, 1.165) is 13.1 Å². The Balaban J connectivity index is 1.72. The van der Waals surface area contributed by atoms with Gasteiger partial charge in [0, 0.05) is 43.9 Å². The summed E-state index contributed by atoms with van der Waals surface area (Å²) in [7, 11) is -3.75. The molecule has 4 rings (SSSR count). The molecule has 0 amide bonds. The number of nitrogens with zero attached hydrogens (tertiary/aromatic N) is 2. The largest absolute Gasteiger partial charge is 0.534 e. The third-order valence-corrected chi connectivity index (χ3v) is 6.02. The minimum Gasteiger partial charge on any atom is -0.439 e. The molecule has 1 aliphatic carbocycles. The maximum Gasteiger partial charge on any atom is 0.534 e. The van der Waals surface area contributed by atoms with Crippen LogP contribution >= 0.6 is 0 Å². The molecule has 30 heavy (non-hydrogen) atoms. The van der Waals surface area contributed by atoms with Crippen molar-refractivity contribution in [3.05, 3.63) is 59.3 Å². The van der Waals surface area contributed by atoms with Crippen molar-refractivity contribution in [3.8, 4) is 5.75 Å². The summed E-state index contributed by atoms with van der Waals surface area (Å²) in [6, 6.07) is 7.26. The molecule has 1 aromatic rings. The van der Waals surface area contributed by atoms with E-state index < -0.39 is 15.6 Å². The number of likely N-dealkylation sites (N-methyl/N-ethyl adjacent to an activating group) is 1. The molecule has 1 saturated heterocycles. The first-order valence-corrected chi connectivity index (χ1v) is 10.7. The van der Waals surface area contributed by atoms with Gasteiger partial charge in [-0.2, -0.15) is 21.6 Å². The van der Waals surface area contributed by atoms with Gasteiger partial charge in [-0.1, -0.05) is 12.1 Å². The molecule has 0 radical (unpaired) electrons. The van der Waals surface area contributed by atoms with Crippen LogP contribution in [0.3, 0.4) is 0 Å². The van der Waals surface area contributed by atoms with E-state index in [1.807, 2.05) is 30.1 Å². The van der Waals surface area contributed by atoms with Crippen LogP contribution in [0, 0.1) is 0 Å². The standard InChI is InChI=1S/C19H20F3N3O4S/c1-24-8-10-25(11-9-24)18-14-12-13(29-30(26,27)19(20,21)22)6-7-15(14)23-16-4-2-3-5-17(16)28-18/h2-7,23H,8-12H2,1H3. The SMILES string of the molecule is CN1CCN(C2=C3CC(OS(=O)(=O)C(F)(F)F)=CC=C3Nc3ccccc3O2)CC1. The molecule has 7 nitrogen and oxygen atoms in total. The van der Waals surface area contributed by atoms with E-state index in [9.17, 15) is 21.6 Å². The summed E-state index contributed by atoms with van der Waals surface area (Å²) in [5.41, 5.74) is -3.65. The summed E-state index contributed by atoms with van der Waals surface area (Å²) in [5.74, 6) is 0.721. The van der Waals surface area contributed by atoms with Crippen LogP contribution in [0.4, 0.5) is 18.9 Å². The average molecular weight is 443 g/mol. The Morgan fingerprint density at radius 2 is 1.80 bits per heavy atom. The summed E-state index contributed by atoms with van der Waals surface area (Å²) in [6.45, 7) is 2.89. The summed E-state index contributed by atoms with van der Waals surface area (Å²) >= 11 is 0. The second-order valence-electron chi connectivity index (χ2n) is 7.17. The molecule has 0 spiro atoms. The van der Waals surface area contributed by atoms with Gasteiger partial charge in [0.15, 0.2) is 5.75 Å². The molecular formula is C19H20F3N3O4S. The molecule has 1 N–H and O–H groups in total. The normalized spacial score (nSPS) is 20.2. The van der Waals surface area contributed by atoms with Crippen LogP contribution in [0.25, 0.3) is 0 Å². The molecular weight excluding hydrogens is 423 g/mol. The van der Waals surface area contributed by atoms with Gasteiger partial charge in [-0.05, 0) is 31.3 Å². The molecule has 0 aromatic heterocycles. The number of hydrogen-bond acceptors (Lipinski definition) is 7. The highest BCUT2D eigenvalue weighted by Crippen LogP contribution is 2.39. The summed E-state index contributed by atoms with van der Waals surface area (Å²) < 4.78 is 71.7. The average Bonchev–Trinajstić information content (AvgIpc) is 2.84. The Kier molecular flexibility index (Phi) is 5.18. The number of fused-ring (bicyclic) bond motifs is 2. The lowest BCUT2D eigenvalue weighted by Crippen LogP contribution is -2.45. The van der Waals surface area contributed by atoms with Crippen LogP contribution in [0.5, 0.6) is 5.75 Å². The second kappa shape index (κ2) is 7.55. The number of alkyl halides is 3. The van der Waals surface area contributed by atoms with E-state index in [0.29, 0.717) is 41.7 Å². The van der Waals surface area contributed by atoms with Crippen LogP contribution in [0.1, 0.15) is 6.42 Å². The molecule has 2 heterocycles. The van der Waals surface area contributed by atoms with Crippen LogP contribution < -0.4 is 10.1 Å². The van der Waals surface area contributed by atoms with Gasteiger partial charge in [-0.3, -0.25) is 0 Å². The first-order valence-electron chi connectivity index (χ1n) is 9.26. The van der Waals surface area contributed by atoms with Gasteiger partial charge in [-0.25, -0.2) is 0 Å². The number of ether oxygens (including phenoxy) is 1. The number of benzene rings is 1. The van der Waals surface area contributed by atoms with E-state index in [2.05, 4.69) is 14.4 Å². The highest BCUT2D eigenvalue weighted by Gasteiger charge is 2.49. The van der Waals surface area contributed by atoms with Crippen LogP contribution in [0.15, 0.2) is 59.3 Å². The van der Waals surface area contributed by atoms with Crippen molar-refractivity contribution in [2.45, 2.75) is 11.9 Å². The van der Waals surface area contributed by atoms with E-state index in [4.69, 9.17) is 4.74 Å². The van der Waals surface area contributed by atoms with Gasteiger partial charge in [-0.15, -0.1) is 0 Å². The fraction of sp³-hybridized carbons (Fsp3) is 0.368. The number of nitrogens with one attached hydrogen (secondary N) is 1. The molecule has 1 aromatic carbocycles. The second-order valence-corrected chi connectivity index (χ2v) is 8.71. The molecule has 0 saturated carbocycles. The fourth-order valence-electron chi connectivity index (χ4n) is 3.39. The Labute approximate surface area is 172 Å². The summed E-state index contributed by atoms with van der Waals surface area (Å²) in [4.78, 5) is 4.17. The molecule has 3 aliphatic rings. The molecule has 0 unspecified atom stereocenters. The van der Waals surface area contributed by atoms with Gasteiger partial charge < -0.3 is 24.0 Å². The Hall–Kier alpha value is -2.66. The Bertz CT molecular complexity index is 1040. The van der Waals surface area contributed by atoms with E-state index in [1.165, 1.54) is 12.2 Å². The number of anilines is 1. The van der Waals surface area contributed by atoms with Crippen LogP contribution in [-0.2, 0) is 14.3 Å². The molecule has 2 aliphatic heterocycles. The number of rotatable bonds is 3. The third kappa shape index (κ3) is 3.99. The Morgan fingerprint density at radius 3 is 2.50 bits per heavy atom. The molecule has 0 atom stereocenters. The number of piperazine rings is 1. The zero-order valence-electron chi connectivity index (χ0n) is 16.1.